The molecular formula is C7H5BrO2. The Morgan fingerprint density at radius 3 is 2.70 bits per heavy atom. The van der Waals surface area contributed by atoms with Gasteiger partial charge in [0.25, 0.3) is 0 Å². The second kappa shape index (κ2) is 2.84. The largest absolute Gasteiger partial charge is 0.507 e. The first-order chi connectivity index (χ1) is 4.74. The summed E-state index contributed by atoms with van der Waals surface area (Å²) in [4.78, 5) is 10.1. The summed E-state index contributed by atoms with van der Waals surface area (Å²) in [6, 6.07) is 4.65. The van der Waals surface area contributed by atoms with E-state index in [1.54, 1.807) is 12.1 Å². The quantitative estimate of drug-likeness (QED) is 0.705. The predicted octanol–water partition coefficient (Wildman–Crippen LogP) is 1.97. The molecular weight excluding hydrogens is 196 g/mol. The minimum Gasteiger partial charge on any atom is -0.507 e. The Labute approximate surface area is 66.6 Å². The standard InChI is InChI=1S/C7H5BrO2/c8-6-2-1-5(4-9)3-7(6)10/h1-4,10H. The van der Waals surface area contributed by atoms with Gasteiger partial charge in [-0.15, -0.1) is 0 Å². The van der Waals surface area contributed by atoms with Crippen molar-refractivity contribution < 1.29 is 9.90 Å². The number of halogens is 1. The third kappa shape index (κ3) is 1.36. The van der Waals surface area contributed by atoms with Crippen LogP contribution in [0.3, 0.4) is 0 Å². The molecule has 1 rings (SSSR count). The number of benzene rings is 1. The molecule has 0 atom stereocenters. The van der Waals surface area contributed by atoms with Crippen LogP contribution in [0.2, 0.25) is 0 Å². The number of hydrogen-bond donors (Lipinski definition) is 1. The monoisotopic (exact) mass is 200 g/mol. The zero-order chi connectivity index (χ0) is 7.56. The zero-order valence-electron chi connectivity index (χ0n) is 5.04. The topological polar surface area (TPSA) is 37.3 Å². The number of phenolic OH excluding ortho intramolecular Hbond substituents is 1. The highest BCUT2D eigenvalue weighted by molar-refractivity contribution is 9.10. The van der Waals surface area contributed by atoms with E-state index in [2.05, 4.69) is 15.9 Å². The van der Waals surface area contributed by atoms with Crippen LogP contribution in [0, 0.1) is 0 Å². The summed E-state index contributed by atoms with van der Waals surface area (Å²) in [6.07, 6.45) is 0.687. The summed E-state index contributed by atoms with van der Waals surface area (Å²) in [5.41, 5.74) is 0.473. The molecule has 1 N–H and O–H groups in total. The van der Waals surface area contributed by atoms with Crippen molar-refractivity contribution >= 4 is 22.2 Å². The van der Waals surface area contributed by atoms with E-state index in [9.17, 15) is 4.79 Å². The molecule has 0 saturated heterocycles. The van der Waals surface area contributed by atoms with Crippen molar-refractivity contribution in [2.24, 2.45) is 0 Å². The summed E-state index contributed by atoms with van der Waals surface area (Å²) in [7, 11) is 0. The Kier molecular flexibility index (Phi) is 2.06. The lowest BCUT2D eigenvalue weighted by molar-refractivity contribution is 0.112. The van der Waals surface area contributed by atoms with Crippen molar-refractivity contribution in [1.29, 1.82) is 0 Å². The molecule has 2 nitrogen and oxygen atoms in total. The number of rotatable bonds is 1. The van der Waals surface area contributed by atoms with Crippen LogP contribution in [-0.2, 0) is 0 Å². The van der Waals surface area contributed by atoms with Crippen LogP contribution in [0.5, 0.6) is 5.75 Å². The van der Waals surface area contributed by atoms with Gasteiger partial charge in [-0.2, -0.15) is 0 Å². The van der Waals surface area contributed by atoms with Gasteiger partial charge >= 0.3 is 0 Å². The van der Waals surface area contributed by atoms with Gasteiger partial charge < -0.3 is 5.11 Å². The maximum atomic E-state index is 10.1. The van der Waals surface area contributed by atoms with Crippen LogP contribution < -0.4 is 0 Å². The van der Waals surface area contributed by atoms with Crippen molar-refractivity contribution in [2.75, 3.05) is 0 Å². The number of hydrogen-bond acceptors (Lipinski definition) is 2. The SMILES string of the molecule is O=Cc1ccc(Br)c(O)c1. The van der Waals surface area contributed by atoms with Crippen molar-refractivity contribution in [3.8, 4) is 5.75 Å². The highest BCUT2D eigenvalue weighted by atomic mass is 79.9. The summed E-state index contributed by atoms with van der Waals surface area (Å²) >= 11 is 3.09. The lowest BCUT2D eigenvalue weighted by Gasteiger charge is -1.94. The Balaban J connectivity index is 3.16. The average molecular weight is 201 g/mol. The zero-order valence-corrected chi connectivity index (χ0v) is 6.63. The molecule has 0 aliphatic heterocycles. The fraction of sp³-hybridized carbons (Fsp3) is 0. The molecule has 0 heterocycles. The third-order valence-electron chi connectivity index (χ3n) is 1.11. The Hall–Kier alpha value is -0.830. The van der Waals surface area contributed by atoms with Gasteiger partial charge in [0.1, 0.15) is 12.0 Å². The fourth-order valence-electron chi connectivity index (χ4n) is 0.603. The Morgan fingerprint density at radius 2 is 2.20 bits per heavy atom. The van der Waals surface area contributed by atoms with Gasteiger partial charge in [0, 0.05) is 5.56 Å². The molecule has 0 radical (unpaired) electrons. The average Bonchev–Trinajstić information content (AvgIpc) is 1.95. The summed E-state index contributed by atoms with van der Waals surface area (Å²) in [6.45, 7) is 0. The molecule has 0 saturated carbocycles. The number of phenols is 1. The van der Waals surface area contributed by atoms with Crippen molar-refractivity contribution in [3.63, 3.8) is 0 Å². The maximum absolute atomic E-state index is 10.1. The molecule has 3 heteroatoms. The van der Waals surface area contributed by atoms with Crippen molar-refractivity contribution in [3.05, 3.63) is 28.2 Å². The normalized spacial score (nSPS) is 9.30. The summed E-state index contributed by atoms with van der Waals surface area (Å²) < 4.78 is 0.595. The van der Waals surface area contributed by atoms with Crippen LogP contribution in [0.25, 0.3) is 0 Å². The number of aromatic hydroxyl groups is 1. The van der Waals surface area contributed by atoms with Gasteiger partial charge in [-0.25, -0.2) is 0 Å². The molecule has 0 aliphatic carbocycles. The van der Waals surface area contributed by atoms with E-state index in [0.717, 1.165) is 0 Å². The first kappa shape index (κ1) is 7.28. The summed E-state index contributed by atoms with van der Waals surface area (Å²) in [5.74, 6) is 0.0876. The first-order valence-corrected chi connectivity index (χ1v) is 3.47. The number of carbonyl (C=O) groups excluding carboxylic acids is 1. The first-order valence-electron chi connectivity index (χ1n) is 2.68. The van der Waals surface area contributed by atoms with Gasteiger partial charge in [0.2, 0.25) is 0 Å². The van der Waals surface area contributed by atoms with E-state index in [-0.39, 0.29) is 5.75 Å². The minimum atomic E-state index is 0.0876. The van der Waals surface area contributed by atoms with Crippen LogP contribution in [0.4, 0.5) is 0 Å². The van der Waals surface area contributed by atoms with E-state index in [4.69, 9.17) is 5.11 Å². The Morgan fingerprint density at radius 1 is 1.50 bits per heavy atom. The fourth-order valence-corrected chi connectivity index (χ4v) is 0.850. The van der Waals surface area contributed by atoms with Gasteiger partial charge in [-0.1, -0.05) is 6.07 Å². The second-order valence-corrected chi connectivity index (χ2v) is 2.68. The van der Waals surface area contributed by atoms with Crippen LogP contribution in [0.1, 0.15) is 10.4 Å². The van der Waals surface area contributed by atoms with Gasteiger partial charge in [0.15, 0.2) is 0 Å². The third-order valence-corrected chi connectivity index (χ3v) is 1.78. The highest BCUT2D eigenvalue weighted by Crippen LogP contribution is 2.23. The number of carbonyl (C=O) groups is 1. The molecule has 10 heavy (non-hydrogen) atoms. The van der Waals surface area contributed by atoms with Gasteiger partial charge in [-0.05, 0) is 28.1 Å². The molecule has 1 aromatic carbocycles. The molecule has 0 amide bonds. The second-order valence-electron chi connectivity index (χ2n) is 1.83. The lowest BCUT2D eigenvalue weighted by Crippen LogP contribution is -1.77. The van der Waals surface area contributed by atoms with E-state index < -0.39 is 0 Å². The molecule has 0 aliphatic rings. The molecule has 0 bridgehead atoms. The van der Waals surface area contributed by atoms with Crippen LogP contribution in [-0.4, -0.2) is 11.4 Å². The maximum Gasteiger partial charge on any atom is 0.150 e. The van der Waals surface area contributed by atoms with Crippen LogP contribution in [0.15, 0.2) is 22.7 Å². The van der Waals surface area contributed by atoms with E-state index in [0.29, 0.717) is 16.3 Å². The molecule has 0 aromatic heterocycles. The summed E-state index contributed by atoms with van der Waals surface area (Å²) in [5, 5.41) is 9.03. The Bertz CT molecular complexity index is 258. The van der Waals surface area contributed by atoms with E-state index in [1.807, 2.05) is 0 Å². The molecule has 0 spiro atoms. The minimum absolute atomic E-state index is 0.0876. The molecule has 52 valence electrons. The molecule has 0 fully saturated rings. The lowest BCUT2D eigenvalue weighted by atomic mass is 10.2. The van der Waals surface area contributed by atoms with E-state index >= 15 is 0 Å². The molecule has 1 aromatic rings. The van der Waals surface area contributed by atoms with Crippen molar-refractivity contribution in [2.45, 2.75) is 0 Å². The van der Waals surface area contributed by atoms with E-state index in [1.165, 1.54) is 6.07 Å². The van der Waals surface area contributed by atoms with Gasteiger partial charge in [-0.3, -0.25) is 4.79 Å². The smallest absolute Gasteiger partial charge is 0.150 e. The van der Waals surface area contributed by atoms with Gasteiger partial charge in [0.05, 0.1) is 4.47 Å². The van der Waals surface area contributed by atoms with Crippen LogP contribution >= 0.6 is 15.9 Å². The number of aldehydes is 1. The predicted molar refractivity (Wildman–Crippen MR) is 41.2 cm³/mol. The van der Waals surface area contributed by atoms with Crippen molar-refractivity contribution in [1.82, 2.24) is 0 Å². The molecule has 0 unspecified atom stereocenters. The highest BCUT2D eigenvalue weighted by Gasteiger charge is 1.96.